The number of anilines is 1. The van der Waals surface area contributed by atoms with Gasteiger partial charge in [0.25, 0.3) is 0 Å². The van der Waals surface area contributed by atoms with E-state index in [0.29, 0.717) is 18.3 Å². The second kappa shape index (κ2) is 5.76. The van der Waals surface area contributed by atoms with Crippen LogP contribution in [0.5, 0.6) is 0 Å². The zero-order chi connectivity index (χ0) is 14.9. The molecular formula is C14H23N5O. The second-order valence-electron chi connectivity index (χ2n) is 5.41. The molecule has 0 fully saturated rings. The Balaban J connectivity index is 2.63. The minimum absolute atomic E-state index is 0.320. The molecule has 0 bridgehead atoms. The lowest BCUT2D eigenvalue weighted by Crippen LogP contribution is -2.10. The zero-order valence-electron chi connectivity index (χ0n) is 12.6. The molecular weight excluding hydrogens is 254 g/mol. The van der Waals surface area contributed by atoms with Gasteiger partial charge in [-0.25, -0.2) is 15.9 Å². The van der Waals surface area contributed by atoms with Gasteiger partial charge in [0.2, 0.25) is 0 Å². The molecule has 20 heavy (non-hydrogen) atoms. The first-order chi connectivity index (χ1) is 9.47. The predicted molar refractivity (Wildman–Crippen MR) is 80.3 cm³/mol. The maximum atomic E-state index is 6.03. The van der Waals surface area contributed by atoms with Crippen LogP contribution >= 0.6 is 0 Å². The van der Waals surface area contributed by atoms with Crippen molar-refractivity contribution >= 4 is 16.9 Å². The standard InChI is InChI=1S/C14H23N5O/c1-8(2)14-18-11-12(19(14)6-5-7-20-16)9(3)10(4)17-13(11)15/h8H,5-7,16H2,1-4H3,(H2,15,17). The second-order valence-corrected chi connectivity index (χ2v) is 5.41. The molecule has 2 aromatic heterocycles. The fourth-order valence-corrected chi connectivity index (χ4v) is 2.49. The number of pyridine rings is 1. The number of hydrogen-bond acceptors (Lipinski definition) is 5. The first-order valence-electron chi connectivity index (χ1n) is 6.91. The molecule has 0 aliphatic carbocycles. The van der Waals surface area contributed by atoms with Gasteiger partial charge >= 0.3 is 0 Å². The molecule has 0 saturated carbocycles. The molecule has 2 heterocycles. The molecule has 110 valence electrons. The molecule has 6 heteroatoms. The van der Waals surface area contributed by atoms with Gasteiger partial charge in [-0.05, 0) is 25.8 Å². The number of hydrogen-bond donors (Lipinski definition) is 2. The maximum absolute atomic E-state index is 6.03. The average Bonchev–Trinajstić information content (AvgIpc) is 2.77. The summed E-state index contributed by atoms with van der Waals surface area (Å²) in [5.74, 6) is 6.95. The van der Waals surface area contributed by atoms with E-state index in [1.54, 1.807) is 0 Å². The Kier molecular flexibility index (Phi) is 4.25. The Labute approximate surface area is 119 Å². The highest BCUT2D eigenvalue weighted by molar-refractivity contribution is 5.88. The third-order valence-electron chi connectivity index (χ3n) is 3.59. The summed E-state index contributed by atoms with van der Waals surface area (Å²) in [5.41, 5.74) is 9.98. The maximum Gasteiger partial charge on any atom is 0.151 e. The molecule has 2 rings (SSSR count). The van der Waals surface area contributed by atoms with Crippen LogP contribution in [-0.2, 0) is 11.4 Å². The number of nitrogen functional groups attached to an aromatic ring is 1. The fraction of sp³-hybridized carbons (Fsp3) is 0.571. The van der Waals surface area contributed by atoms with E-state index in [4.69, 9.17) is 16.6 Å². The van der Waals surface area contributed by atoms with Crippen LogP contribution in [-0.4, -0.2) is 21.1 Å². The summed E-state index contributed by atoms with van der Waals surface area (Å²) in [7, 11) is 0. The summed E-state index contributed by atoms with van der Waals surface area (Å²) in [5, 5.41) is 0. The van der Waals surface area contributed by atoms with Gasteiger partial charge in [0.1, 0.15) is 11.3 Å². The molecule has 0 aliphatic heterocycles. The normalized spacial score (nSPS) is 11.7. The first kappa shape index (κ1) is 14.7. The molecule has 0 aliphatic rings. The van der Waals surface area contributed by atoms with Crippen LogP contribution in [0.25, 0.3) is 11.0 Å². The highest BCUT2D eigenvalue weighted by Crippen LogP contribution is 2.28. The smallest absolute Gasteiger partial charge is 0.151 e. The van der Waals surface area contributed by atoms with Crippen molar-refractivity contribution in [2.75, 3.05) is 12.3 Å². The van der Waals surface area contributed by atoms with Crippen LogP contribution in [0.1, 0.15) is 43.3 Å². The number of nitrogens with zero attached hydrogens (tertiary/aromatic N) is 3. The first-order valence-corrected chi connectivity index (χ1v) is 6.91. The minimum atomic E-state index is 0.320. The Morgan fingerprint density at radius 1 is 1.25 bits per heavy atom. The molecule has 0 aromatic carbocycles. The lowest BCUT2D eigenvalue weighted by molar-refractivity contribution is 0.132. The van der Waals surface area contributed by atoms with Crippen molar-refractivity contribution in [3.63, 3.8) is 0 Å². The van der Waals surface area contributed by atoms with E-state index >= 15 is 0 Å². The molecule has 6 nitrogen and oxygen atoms in total. The van der Waals surface area contributed by atoms with Crippen LogP contribution in [0.3, 0.4) is 0 Å². The van der Waals surface area contributed by atoms with E-state index in [1.165, 1.54) is 0 Å². The van der Waals surface area contributed by atoms with Crippen LogP contribution in [0.4, 0.5) is 5.82 Å². The van der Waals surface area contributed by atoms with Crippen molar-refractivity contribution in [1.29, 1.82) is 0 Å². The number of fused-ring (bicyclic) bond motifs is 1. The largest absolute Gasteiger partial charge is 0.382 e. The monoisotopic (exact) mass is 277 g/mol. The highest BCUT2D eigenvalue weighted by Gasteiger charge is 2.18. The fourth-order valence-electron chi connectivity index (χ4n) is 2.49. The number of imidazole rings is 1. The molecule has 0 radical (unpaired) electrons. The molecule has 2 aromatic rings. The molecule has 0 spiro atoms. The Hall–Kier alpha value is -1.66. The van der Waals surface area contributed by atoms with Crippen LogP contribution in [0.2, 0.25) is 0 Å². The molecule has 0 unspecified atom stereocenters. The molecule has 0 saturated heterocycles. The number of aryl methyl sites for hydroxylation is 3. The summed E-state index contributed by atoms with van der Waals surface area (Å²) in [6.45, 7) is 9.62. The summed E-state index contributed by atoms with van der Waals surface area (Å²) in [6.07, 6.45) is 0.836. The Morgan fingerprint density at radius 2 is 1.95 bits per heavy atom. The van der Waals surface area contributed by atoms with Crippen LogP contribution in [0, 0.1) is 13.8 Å². The average molecular weight is 277 g/mol. The van der Waals surface area contributed by atoms with E-state index in [1.807, 2.05) is 6.92 Å². The van der Waals surface area contributed by atoms with Crippen LogP contribution < -0.4 is 11.6 Å². The van der Waals surface area contributed by atoms with Crippen molar-refractivity contribution in [2.45, 2.75) is 46.6 Å². The minimum Gasteiger partial charge on any atom is -0.382 e. The third-order valence-corrected chi connectivity index (χ3v) is 3.59. The van der Waals surface area contributed by atoms with Gasteiger partial charge in [0.05, 0.1) is 12.1 Å². The summed E-state index contributed by atoms with van der Waals surface area (Å²) in [6, 6.07) is 0. The van der Waals surface area contributed by atoms with Gasteiger partial charge in [-0.3, -0.25) is 0 Å². The van der Waals surface area contributed by atoms with Gasteiger partial charge in [0, 0.05) is 18.2 Å². The molecule has 4 N–H and O–H groups in total. The Morgan fingerprint density at radius 3 is 2.55 bits per heavy atom. The van der Waals surface area contributed by atoms with E-state index in [-0.39, 0.29) is 0 Å². The van der Waals surface area contributed by atoms with E-state index in [9.17, 15) is 0 Å². The molecule has 0 atom stereocenters. The van der Waals surface area contributed by atoms with E-state index in [0.717, 1.165) is 41.1 Å². The van der Waals surface area contributed by atoms with Gasteiger partial charge in [-0.1, -0.05) is 13.8 Å². The Bertz CT molecular complexity index is 618. The van der Waals surface area contributed by atoms with Crippen molar-refractivity contribution in [3.05, 3.63) is 17.1 Å². The van der Waals surface area contributed by atoms with Crippen molar-refractivity contribution in [2.24, 2.45) is 5.90 Å². The van der Waals surface area contributed by atoms with Gasteiger partial charge in [0.15, 0.2) is 5.82 Å². The van der Waals surface area contributed by atoms with E-state index in [2.05, 4.69) is 35.2 Å². The number of aromatic nitrogens is 3. The van der Waals surface area contributed by atoms with Crippen molar-refractivity contribution in [3.8, 4) is 0 Å². The summed E-state index contributed by atoms with van der Waals surface area (Å²) in [4.78, 5) is 13.7. The van der Waals surface area contributed by atoms with Gasteiger partial charge in [-0.15, -0.1) is 0 Å². The predicted octanol–water partition coefficient (Wildman–Crippen LogP) is 2.03. The van der Waals surface area contributed by atoms with E-state index < -0.39 is 0 Å². The topological polar surface area (TPSA) is 92.0 Å². The van der Waals surface area contributed by atoms with Crippen molar-refractivity contribution in [1.82, 2.24) is 14.5 Å². The third kappa shape index (κ3) is 2.48. The van der Waals surface area contributed by atoms with Crippen molar-refractivity contribution < 1.29 is 4.84 Å². The number of rotatable bonds is 5. The number of nitrogens with two attached hydrogens (primary N) is 2. The van der Waals surface area contributed by atoms with Gasteiger partial charge in [-0.2, -0.15) is 0 Å². The summed E-state index contributed by atoms with van der Waals surface area (Å²) < 4.78 is 2.22. The zero-order valence-corrected chi connectivity index (χ0v) is 12.6. The highest BCUT2D eigenvalue weighted by atomic mass is 16.6. The SMILES string of the molecule is Cc1nc(N)c2nc(C(C)C)n(CCCON)c2c1C. The van der Waals surface area contributed by atoms with Crippen LogP contribution in [0.15, 0.2) is 0 Å². The lowest BCUT2D eigenvalue weighted by atomic mass is 10.2. The summed E-state index contributed by atoms with van der Waals surface area (Å²) >= 11 is 0. The quantitative estimate of drug-likeness (QED) is 0.644. The molecule has 0 amide bonds. The lowest BCUT2D eigenvalue weighted by Gasteiger charge is -2.13. The van der Waals surface area contributed by atoms with Gasteiger partial charge < -0.3 is 15.1 Å².